The minimum atomic E-state index is -3.53. The monoisotopic (exact) mass is 430 g/mol. The molecule has 0 unspecified atom stereocenters. The molecule has 1 aliphatic heterocycles. The van der Waals surface area contributed by atoms with Crippen LogP contribution >= 0.6 is 0 Å². The van der Waals surface area contributed by atoms with Gasteiger partial charge in [-0.3, -0.25) is 4.79 Å². The van der Waals surface area contributed by atoms with Crippen LogP contribution in [0.3, 0.4) is 0 Å². The van der Waals surface area contributed by atoms with Gasteiger partial charge in [0.15, 0.2) is 0 Å². The quantitative estimate of drug-likeness (QED) is 0.650. The Balaban J connectivity index is 1.50. The Labute approximate surface area is 176 Å². The van der Waals surface area contributed by atoms with Crippen molar-refractivity contribution in [1.82, 2.24) is 9.62 Å². The average molecular weight is 431 g/mol. The van der Waals surface area contributed by atoms with Crippen molar-refractivity contribution in [2.24, 2.45) is 11.7 Å². The smallest absolute Gasteiger partial charge is 0.316 e. The highest BCUT2D eigenvalue weighted by molar-refractivity contribution is 7.89. The van der Waals surface area contributed by atoms with Crippen LogP contribution in [0, 0.1) is 12.8 Å². The number of carbonyl (C=O) groups is 2. The predicted molar refractivity (Wildman–Crippen MR) is 114 cm³/mol. The molecule has 0 aromatic heterocycles. The van der Waals surface area contributed by atoms with Crippen LogP contribution in [-0.2, 0) is 21.4 Å². The topological polar surface area (TPSA) is 122 Å². The average Bonchev–Trinajstić information content (AvgIpc) is 2.73. The third kappa shape index (κ3) is 5.37. The molecule has 1 saturated heterocycles. The lowest BCUT2D eigenvalue weighted by atomic mass is 9.97. The number of nitrogens with two attached hydrogens (primary N) is 1. The first kappa shape index (κ1) is 21.8. The maximum Gasteiger partial charge on any atom is 0.316 e. The van der Waals surface area contributed by atoms with Crippen LogP contribution in [0.1, 0.15) is 24.0 Å². The minimum Gasteiger partial charge on any atom is -0.352 e. The summed E-state index contributed by atoms with van der Waals surface area (Å²) in [6, 6.07) is 13.2. The van der Waals surface area contributed by atoms with Crippen molar-refractivity contribution in [3.05, 3.63) is 59.7 Å². The minimum absolute atomic E-state index is 0.0817. The fraction of sp³-hybridized carbons (Fsp3) is 0.333. The molecule has 9 heteroatoms. The maximum absolute atomic E-state index is 12.8. The molecule has 1 heterocycles. The molecular formula is C21H26N4O4S. The molecule has 0 aliphatic carbocycles. The molecule has 4 N–H and O–H groups in total. The van der Waals surface area contributed by atoms with Gasteiger partial charge in [0.25, 0.3) is 0 Å². The second kappa shape index (κ2) is 9.27. The summed E-state index contributed by atoms with van der Waals surface area (Å²) in [5, 5.41) is 5.38. The summed E-state index contributed by atoms with van der Waals surface area (Å²) in [4.78, 5) is 23.6. The summed E-state index contributed by atoms with van der Waals surface area (Å²) in [6.45, 7) is 2.91. The summed E-state index contributed by atoms with van der Waals surface area (Å²) in [7, 11) is -3.53. The summed E-state index contributed by atoms with van der Waals surface area (Å²) >= 11 is 0. The van der Waals surface area contributed by atoms with Gasteiger partial charge in [-0.2, -0.15) is 4.31 Å². The van der Waals surface area contributed by atoms with E-state index >= 15 is 0 Å². The van der Waals surface area contributed by atoms with Crippen molar-refractivity contribution < 1.29 is 18.0 Å². The largest absolute Gasteiger partial charge is 0.352 e. The summed E-state index contributed by atoms with van der Waals surface area (Å²) in [6.07, 6.45) is 0.969. The zero-order valence-corrected chi connectivity index (χ0v) is 17.6. The second-order valence-electron chi connectivity index (χ2n) is 7.40. The van der Waals surface area contributed by atoms with E-state index in [1.54, 1.807) is 48.5 Å². The Morgan fingerprint density at radius 1 is 1.03 bits per heavy atom. The molecular weight excluding hydrogens is 404 g/mol. The van der Waals surface area contributed by atoms with E-state index in [1.807, 2.05) is 6.92 Å². The van der Waals surface area contributed by atoms with Crippen molar-refractivity contribution in [2.75, 3.05) is 18.4 Å². The molecule has 0 radical (unpaired) electrons. The van der Waals surface area contributed by atoms with Crippen LogP contribution in [0.4, 0.5) is 10.5 Å². The summed E-state index contributed by atoms with van der Waals surface area (Å²) < 4.78 is 27.0. The molecule has 0 atom stereocenters. The molecule has 8 nitrogen and oxygen atoms in total. The van der Waals surface area contributed by atoms with E-state index in [0.29, 0.717) is 38.2 Å². The second-order valence-corrected chi connectivity index (χ2v) is 9.33. The molecule has 30 heavy (non-hydrogen) atoms. The fourth-order valence-corrected chi connectivity index (χ4v) is 4.87. The number of nitrogens with zero attached hydrogens (tertiary/aromatic N) is 1. The van der Waals surface area contributed by atoms with E-state index in [1.165, 1.54) is 4.31 Å². The van der Waals surface area contributed by atoms with Crippen molar-refractivity contribution in [2.45, 2.75) is 31.2 Å². The molecule has 0 spiro atoms. The normalized spacial score (nSPS) is 15.5. The number of piperidine rings is 1. The van der Waals surface area contributed by atoms with Crippen LogP contribution in [0.5, 0.6) is 0 Å². The Kier molecular flexibility index (Phi) is 6.73. The first-order chi connectivity index (χ1) is 14.3. The van der Waals surface area contributed by atoms with Gasteiger partial charge in [-0.1, -0.05) is 29.8 Å². The third-order valence-corrected chi connectivity index (χ3v) is 7.08. The zero-order valence-electron chi connectivity index (χ0n) is 16.8. The van der Waals surface area contributed by atoms with Gasteiger partial charge < -0.3 is 16.4 Å². The van der Waals surface area contributed by atoms with E-state index in [4.69, 9.17) is 5.73 Å². The van der Waals surface area contributed by atoms with Gasteiger partial charge >= 0.3 is 6.03 Å². The van der Waals surface area contributed by atoms with E-state index in [-0.39, 0.29) is 16.7 Å². The highest BCUT2D eigenvalue weighted by atomic mass is 32.2. The molecule has 0 saturated carbocycles. The SMILES string of the molecule is Cc1ccc(S(=O)(=O)N2CCC(C(=O)NCc3ccc(NC(N)=O)cc3)CC2)cc1. The van der Waals surface area contributed by atoms with E-state index in [9.17, 15) is 18.0 Å². The molecule has 2 aromatic carbocycles. The molecule has 2 aromatic rings. The van der Waals surface area contributed by atoms with Crippen molar-refractivity contribution >= 4 is 27.6 Å². The zero-order chi connectivity index (χ0) is 21.7. The summed E-state index contributed by atoms with van der Waals surface area (Å²) in [5.41, 5.74) is 7.54. The first-order valence-electron chi connectivity index (χ1n) is 9.75. The third-order valence-electron chi connectivity index (χ3n) is 5.17. The van der Waals surface area contributed by atoms with Gasteiger partial charge in [0, 0.05) is 31.2 Å². The van der Waals surface area contributed by atoms with Gasteiger partial charge in [-0.05, 0) is 49.6 Å². The van der Waals surface area contributed by atoms with Gasteiger partial charge in [0.1, 0.15) is 0 Å². The van der Waals surface area contributed by atoms with Crippen LogP contribution < -0.4 is 16.4 Å². The number of nitrogens with one attached hydrogen (secondary N) is 2. The number of sulfonamides is 1. The highest BCUT2D eigenvalue weighted by Gasteiger charge is 2.31. The number of rotatable bonds is 6. The van der Waals surface area contributed by atoms with Gasteiger partial charge in [0.2, 0.25) is 15.9 Å². The molecule has 0 bridgehead atoms. The van der Waals surface area contributed by atoms with Crippen LogP contribution in [0.15, 0.2) is 53.4 Å². The van der Waals surface area contributed by atoms with Crippen molar-refractivity contribution in [3.8, 4) is 0 Å². The van der Waals surface area contributed by atoms with Crippen LogP contribution in [0.25, 0.3) is 0 Å². The first-order valence-corrected chi connectivity index (χ1v) is 11.2. The fourth-order valence-electron chi connectivity index (χ4n) is 3.40. The van der Waals surface area contributed by atoms with Crippen molar-refractivity contribution in [1.29, 1.82) is 0 Å². The number of hydrogen-bond acceptors (Lipinski definition) is 4. The van der Waals surface area contributed by atoms with E-state index in [0.717, 1.165) is 11.1 Å². The van der Waals surface area contributed by atoms with Crippen molar-refractivity contribution in [3.63, 3.8) is 0 Å². The molecule has 160 valence electrons. The van der Waals surface area contributed by atoms with Gasteiger partial charge in [-0.15, -0.1) is 0 Å². The molecule has 3 amide bonds. The maximum atomic E-state index is 12.8. The van der Waals surface area contributed by atoms with E-state index in [2.05, 4.69) is 10.6 Å². The summed E-state index contributed by atoms with van der Waals surface area (Å²) in [5.74, 6) is -0.299. The predicted octanol–water partition coefficient (Wildman–Crippen LogP) is 2.20. The number of primary amides is 1. The number of anilines is 1. The number of benzene rings is 2. The lowest BCUT2D eigenvalue weighted by Crippen LogP contribution is -2.42. The Bertz CT molecular complexity index is 996. The van der Waals surface area contributed by atoms with Gasteiger partial charge in [0.05, 0.1) is 4.90 Å². The van der Waals surface area contributed by atoms with Crippen LogP contribution in [0.2, 0.25) is 0 Å². The van der Waals surface area contributed by atoms with E-state index < -0.39 is 16.1 Å². The lowest BCUT2D eigenvalue weighted by Gasteiger charge is -2.30. The van der Waals surface area contributed by atoms with Gasteiger partial charge in [-0.25, -0.2) is 13.2 Å². The number of urea groups is 1. The highest BCUT2D eigenvalue weighted by Crippen LogP contribution is 2.24. The number of aryl methyl sites for hydroxylation is 1. The standard InChI is InChI=1S/C21H26N4O4S/c1-15-2-8-19(9-3-15)30(28,29)25-12-10-17(11-13-25)20(26)23-14-16-4-6-18(7-5-16)24-21(22)27/h2-9,17H,10-14H2,1H3,(H,23,26)(H3,22,24,27). The Hall–Kier alpha value is -2.91. The molecule has 1 aliphatic rings. The number of amides is 3. The number of carbonyl (C=O) groups excluding carboxylic acids is 2. The lowest BCUT2D eigenvalue weighted by molar-refractivity contribution is -0.126. The number of hydrogen-bond donors (Lipinski definition) is 3. The Morgan fingerprint density at radius 3 is 2.20 bits per heavy atom. The Morgan fingerprint density at radius 2 is 1.63 bits per heavy atom. The molecule has 3 rings (SSSR count). The molecule has 1 fully saturated rings. The van der Waals surface area contributed by atoms with Crippen LogP contribution in [-0.4, -0.2) is 37.8 Å².